The lowest BCUT2D eigenvalue weighted by Crippen LogP contribution is -2.34. The number of benzene rings is 2. The third-order valence-corrected chi connectivity index (χ3v) is 4.37. The lowest BCUT2D eigenvalue weighted by atomic mass is 9.87. The normalized spacial score (nSPS) is 11.3. The van der Waals surface area contributed by atoms with E-state index in [9.17, 15) is 19.6 Å². The second-order valence-electron chi connectivity index (χ2n) is 7.72. The number of nitriles is 1. The van der Waals surface area contributed by atoms with Gasteiger partial charge in [-0.1, -0.05) is 45.0 Å². The molecule has 2 aromatic carbocycles. The van der Waals surface area contributed by atoms with Gasteiger partial charge in [-0.15, -0.1) is 0 Å². The summed E-state index contributed by atoms with van der Waals surface area (Å²) in [5.74, 6) is -1.72. The van der Waals surface area contributed by atoms with Crippen molar-refractivity contribution < 1.29 is 23.9 Å². The summed E-state index contributed by atoms with van der Waals surface area (Å²) in [6, 6.07) is 15.3. The molecule has 0 spiro atoms. The van der Waals surface area contributed by atoms with E-state index >= 15 is 0 Å². The van der Waals surface area contributed by atoms with Gasteiger partial charge in [-0.25, -0.2) is 4.79 Å². The molecule has 7 heteroatoms. The van der Waals surface area contributed by atoms with Crippen LogP contribution in [0.15, 0.2) is 54.1 Å². The van der Waals surface area contributed by atoms with Gasteiger partial charge in [0, 0.05) is 5.56 Å². The molecule has 0 fully saturated rings. The molecule has 0 saturated heterocycles. The summed E-state index contributed by atoms with van der Waals surface area (Å²) in [5.41, 5.74) is 1.62. The Balaban J connectivity index is 1.93. The van der Waals surface area contributed by atoms with Crippen LogP contribution in [-0.2, 0) is 19.7 Å². The Labute approximate surface area is 181 Å². The Bertz CT molecular complexity index is 1020. The molecule has 0 unspecified atom stereocenters. The average Bonchev–Trinajstić information content (AvgIpc) is 2.75. The zero-order valence-electron chi connectivity index (χ0n) is 17.9. The summed E-state index contributed by atoms with van der Waals surface area (Å²) in [7, 11) is 1.53. The molecule has 0 aliphatic rings. The quantitative estimate of drug-likeness (QED) is 0.436. The van der Waals surface area contributed by atoms with Crippen LogP contribution in [0.25, 0.3) is 6.08 Å². The molecule has 0 saturated carbocycles. The molecule has 2 amide bonds. The highest BCUT2D eigenvalue weighted by Crippen LogP contribution is 2.22. The Morgan fingerprint density at radius 1 is 1.03 bits per heavy atom. The SMILES string of the molecule is COc1ccc(/C=C(\C#N)C(=O)OCC(=O)NC(=O)c2ccc(C(C)(C)C)cc2)cc1. The number of hydrogen-bond donors (Lipinski definition) is 1. The Morgan fingerprint density at radius 2 is 1.65 bits per heavy atom. The molecule has 160 valence electrons. The summed E-state index contributed by atoms with van der Waals surface area (Å²) in [6.45, 7) is 5.47. The van der Waals surface area contributed by atoms with E-state index < -0.39 is 24.4 Å². The van der Waals surface area contributed by atoms with Crippen LogP contribution in [0.2, 0.25) is 0 Å². The summed E-state index contributed by atoms with van der Waals surface area (Å²) in [4.78, 5) is 36.3. The second-order valence-corrected chi connectivity index (χ2v) is 7.72. The van der Waals surface area contributed by atoms with Crippen LogP contribution in [0, 0.1) is 11.3 Å². The maximum atomic E-state index is 12.2. The van der Waals surface area contributed by atoms with Gasteiger partial charge in [0.2, 0.25) is 0 Å². The van der Waals surface area contributed by atoms with Crippen LogP contribution in [0.4, 0.5) is 0 Å². The molecule has 0 heterocycles. The number of rotatable bonds is 6. The van der Waals surface area contributed by atoms with E-state index in [4.69, 9.17) is 9.47 Å². The van der Waals surface area contributed by atoms with Crippen molar-refractivity contribution in [2.45, 2.75) is 26.2 Å². The number of hydrogen-bond acceptors (Lipinski definition) is 6. The largest absolute Gasteiger partial charge is 0.497 e. The van der Waals surface area contributed by atoms with E-state index in [1.807, 2.05) is 12.1 Å². The van der Waals surface area contributed by atoms with E-state index in [-0.39, 0.29) is 11.0 Å². The van der Waals surface area contributed by atoms with E-state index in [1.165, 1.54) is 13.2 Å². The molecule has 0 atom stereocenters. The van der Waals surface area contributed by atoms with E-state index in [0.717, 1.165) is 5.56 Å². The van der Waals surface area contributed by atoms with Gasteiger partial charge in [-0.2, -0.15) is 5.26 Å². The van der Waals surface area contributed by atoms with Crippen LogP contribution >= 0.6 is 0 Å². The number of ether oxygens (including phenoxy) is 2. The third-order valence-electron chi connectivity index (χ3n) is 4.37. The first-order valence-electron chi connectivity index (χ1n) is 9.51. The maximum Gasteiger partial charge on any atom is 0.349 e. The van der Waals surface area contributed by atoms with Crippen molar-refractivity contribution in [1.29, 1.82) is 5.26 Å². The fourth-order valence-corrected chi connectivity index (χ4v) is 2.57. The number of methoxy groups -OCH3 is 1. The number of nitrogens with zero attached hydrogens (tertiary/aromatic N) is 1. The Hall–Kier alpha value is -3.92. The molecule has 0 bridgehead atoms. The molecule has 0 aliphatic carbocycles. The molecule has 1 N–H and O–H groups in total. The smallest absolute Gasteiger partial charge is 0.349 e. The minimum atomic E-state index is -0.963. The number of esters is 1. The summed E-state index contributed by atoms with van der Waals surface area (Å²) in [5, 5.41) is 11.4. The molecule has 2 aromatic rings. The van der Waals surface area contributed by atoms with Gasteiger partial charge in [0.1, 0.15) is 17.4 Å². The van der Waals surface area contributed by atoms with Crippen molar-refractivity contribution in [2.75, 3.05) is 13.7 Å². The minimum Gasteiger partial charge on any atom is -0.497 e. The predicted octanol–water partition coefficient (Wildman–Crippen LogP) is 3.40. The van der Waals surface area contributed by atoms with Gasteiger partial charge >= 0.3 is 5.97 Å². The maximum absolute atomic E-state index is 12.2. The molecule has 0 aromatic heterocycles. The third kappa shape index (κ3) is 6.82. The number of carbonyl (C=O) groups excluding carboxylic acids is 3. The number of amides is 2. The van der Waals surface area contributed by atoms with E-state index in [1.54, 1.807) is 42.5 Å². The van der Waals surface area contributed by atoms with Gasteiger partial charge in [0.05, 0.1) is 7.11 Å². The highest BCUT2D eigenvalue weighted by Gasteiger charge is 2.17. The van der Waals surface area contributed by atoms with Crippen LogP contribution in [0.1, 0.15) is 42.3 Å². The first-order valence-corrected chi connectivity index (χ1v) is 9.51. The summed E-state index contributed by atoms with van der Waals surface area (Å²) < 4.78 is 9.90. The first-order chi connectivity index (χ1) is 14.6. The zero-order chi connectivity index (χ0) is 23.0. The van der Waals surface area contributed by atoms with Crippen LogP contribution in [0.5, 0.6) is 5.75 Å². The number of nitrogens with one attached hydrogen (secondary N) is 1. The molecular formula is C24H24N2O5. The first kappa shape index (κ1) is 23.4. The van der Waals surface area contributed by atoms with Crippen molar-refractivity contribution in [1.82, 2.24) is 5.32 Å². The lowest BCUT2D eigenvalue weighted by molar-refractivity contribution is -0.144. The molecule has 2 rings (SSSR count). The monoisotopic (exact) mass is 420 g/mol. The highest BCUT2D eigenvalue weighted by atomic mass is 16.5. The molecule has 31 heavy (non-hydrogen) atoms. The number of imide groups is 1. The highest BCUT2D eigenvalue weighted by molar-refractivity contribution is 6.06. The summed E-state index contributed by atoms with van der Waals surface area (Å²) >= 11 is 0. The van der Waals surface area contributed by atoms with Gasteiger partial charge in [0.25, 0.3) is 11.8 Å². The Morgan fingerprint density at radius 3 is 2.16 bits per heavy atom. The van der Waals surface area contributed by atoms with Crippen molar-refractivity contribution in [3.8, 4) is 11.8 Å². The van der Waals surface area contributed by atoms with Crippen molar-refractivity contribution in [3.05, 3.63) is 70.8 Å². The van der Waals surface area contributed by atoms with Gasteiger partial charge in [-0.05, 0) is 46.9 Å². The number of carbonyl (C=O) groups is 3. The minimum absolute atomic E-state index is 0.0587. The molecule has 0 aliphatic heterocycles. The van der Waals surface area contributed by atoms with Gasteiger partial charge in [-0.3, -0.25) is 14.9 Å². The van der Waals surface area contributed by atoms with Crippen LogP contribution < -0.4 is 10.1 Å². The summed E-state index contributed by atoms with van der Waals surface area (Å²) in [6.07, 6.45) is 1.33. The van der Waals surface area contributed by atoms with Crippen LogP contribution in [0.3, 0.4) is 0 Å². The fraction of sp³-hybridized carbons (Fsp3) is 0.250. The van der Waals surface area contributed by atoms with Crippen LogP contribution in [-0.4, -0.2) is 31.5 Å². The van der Waals surface area contributed by atoms with E-state index in [0.29, 0.717) is 16.9 Å². The molecule has 7 nitrogen and oxygen atoms in total. The van der Waals surface area contributed by atoms with Crippen molar-refractivity contribution in [2.24, 2.45) is 0 Å². The van der Waals surface area contributed by atoms with Gasteiger partial charge < -0.3 is 9.47 Å². The Kier molecular flexibility index (Phi) is 7.70. The van der Waals surface area contributed by atoms with E-state index in [2.05, 4.69) is 26.1 Å². The average molecular weight is 420 g/mol. The second kappa shape index (κ2) is 10.2. The predicted molar refractivity (Wildman–Crippen MR) is 115 cm³/mol. The fourth-order valence-electron chi connectivity index (χ4n) is 2.57. The molecule has 0 radical (unpaired) electrons. The van der Waals surface area contributed by atoms with Gasteiger partial charge in [0.15, 0.2) is 6.61 Å². The van der Waals surface area contributed by atoms with Crippen molar-refractivity contribution in [3.63, 3.8) is 0 Å². The standard InChI is InChI=1S/C24H24N2O5/c1-24(2,3)19-9-7-17(8-10-19)22(28)26-21(27)15-31-23(29)18(14-25)13-16-5-11-20(30-4)12-6-16/h5-13H,15H2,1-4H3,(H,26,27,28)/b18-13+. The zero-order valence-corrected chi connectivity index (χ0v) is 17.9. The topological polar surface area (TPSA) is 105 Å². The molecular weight excluding hydrogens is 396 g/mol. The lowest BCUT2D eigenvalue weighted by Gasteiger charge is -2.18. The van der Waals surface area contributed by atoms with Crippen molar-refractivity contribution >= 4 is 23.9 Å².